The molecular formula is C10H8ClN3O. The van der Waals surface area contributed by atoms with Crippen molar-refractivity contribution in [1.29, 1.82) is 0 Å². The molecule has 5 heteroatoms. The average molecular weight is 222 g/mol. The van der Waals surface area contributed by atoms with Crippen molar-refractivity contribution >= 4 is 11.6 Å². The molecule has 0 aliphatic carbocycles. The van der Waals surface area contributed by atoms with Crippen LogP contribution in [0.5, 0.6) is 0 Å². The predicted molar refractivity (Wildman–Crippen MR) is 55.3 cm³/mol. The number of aliphatic hydroxyl groups excluding tert-OH is 1. The highest BCUT2D eigenvalue weighted by Crippen LogP contribution is 2.25. The van der Waals surface area contributed by atoms with E-state index >= 15 is 0 Å². The first kappa shape index (κ1) is 10.0. The Morgan fingerprint density at radius 1 is 1.13 bits per heavy atom. The van der Waals surface area contributed by atoms with Crippen molar-refractivity contribution in [2.24, 2.45) is 0 Å². The zero-order valence-electron chi connectivity index (χ0n) is 7.71. The van der Waals surface area contributed by atoms with Crippen molar-refractivity contribution < 1.29 is 5.11 Å². The minimum Gasteiger partial charge on any atom is -0.382 e. The molecule has 0 radical (unpaired) electrons. The number of halogens is 1. The van der Waals surface area contributed by atoms with E-state index in [2.05, 4.69) is 15.0 Å². The van der Waals surface area contributed by atoms with Crippen molar-refractivity contribution in [3.8, 4) is 0 Å². The van der Waals surface area contributed by atoms with Crippen LogP contribution in [-0.2, 0) is 0 Å². The Hall–Kier alpha value is -1.52. The SMILES string of the molecule is OC(c1cnccn1)c1ccncc1Cl. The van der Waals surface area contributed by atoms with E-state index in [-0.39, 0.29) is 0 Å². The molecule has 0 saturated carbocycles. The molecule has 0 saturated heterocycles. The monoisotopic (exact) mass is 221 g/mol. The van der Waals surface area contributed by atoms with Crippen LogP contribution >= 0.6 is 11.6 Å². The van der Waals surface area contributed by atoms with Crippen LogP contribution in [0.3, 0.4) is 0 Å². The van der Waals surface area contributed by atoms with E-state index in [0.717, 1.165) is 0 Å². The molecule has 76 valence electrons. The Morgan fingerprint density at radius 3 is 2.60 bits per heavy atom. The van der Waals surface area contributed by atoms with Crippen molar-refractivity contribution in [3.05, 3.63) is 53.3 Å². The van der Waals surface area contributed by atoms with E-state index in [9.17, 15) is 5.11 Å². The van der Waals surface area contributed by atoms with Crippen molar-refractivity contribution in [2.45, 2.75) is 6.10 Å². The third-order valence-corrected chi connectivity index (χ3v) is 2.28. The van der Waals surface area contributed by atoms with Gasteiger partial charge in [0.25, 0.3) is 0 Å². The molecule has 2 heterocycles. The maximum atomic E-state index is 9.96. The van der Waals surface area contributed by atoms with Gasteiger partial charge in [0.1, 0.15) is 6.10 Å². The molecule has 1 atom stereocenters. The number of nitrogens with zero attached hydrogens (tertiary/aromatic N) is 3. The average Bonchev–Trinajstić information content (AvgIpc) is 2.30. The van der Waals surface area contributed by atoms with Gasteiger partial charge < -0.3 is 5.11 Å². The lowest BCUT2D eigenvalue weighted by Crippen LogP contribution is -2.03. The van der Waals surface area contributed by atoms with Gasteiger partial charge in [0.2, 0.25) is 0 Å². The van der Waals surface area contributed by atoms with E-state index in [4.69, 9.17) is 11.6 Å². The summed E-state index contributed by atoms with van der Waals surface area (Å²) in [7, 11) is 0. The van der Waals surface area contributed by atoms with Crippen molar-refractivity contribution in [1.82, 2.24) is 15.0 Å². The Kier molecular flexibility index (Phi) is 2.89. The first-order valence-corrected chi connectivity index (χ1v) is 4.70. The molecular weight excluding hydrogens is 214 g/mol. The Balaban J connectivity index is 2.37. The molecule has 15 heavy (non-hydrogen) atoms. The summed E-state index contributed by atoms with van der Waals surface area (Å²) in [4.78, 5) is 11.7. The molecule has 1 N–H and O–H groups in total. The molecule has 0 spiro atoms. The predicted octanol–water partition coefficient (Wildman–Crippen LogP) is 1.61. The second-order valence-electron chi connectivity index (χ2n) is 2.93. The molecule has 0 fully saturated rings. The second kappa shape index (κ2) is 4.33. The molecule has 2 aromatic rings. The Bertz CT molecular complexity index is 449. The van der Waals surface area contributed by atoms with E-state index < -0.39 is 6.10 Å². The fourth-order valence-corrected chi connectivity index (χ4v) is 1.44. The summed E-state index contributed by atoms with van der Waals surface area (Å²) in [5.74, 6) is 0. The first-order chi connectivity index (χ1) is 7.29. The highest BCUT2D eigenvalue weighted by atomic mass is 35.5. The van der Waals surface area contributed by atoms with Gasteiger partial charge in [-0.1, -0.05) is 11.6 Å². The van der Waals surface area contributed by atoms with Gasteiger partial charge >= 0.3 is 0 Å². The van der Waals surface area contributed by atoms with E-state index in [0.29, 0.717) is 16.3 Å². The second-order valence-corrected chi connectivity index (χ2v) is 3.34. The van der Waals surface area contributed by atoms with Crippen LogP contribution in [0.4, 0.5) is 0 Å². The molecule has 0 amide bonds. The largest absolute Gasteiger partial charge is 0.382 e. The minimum absolute atomic E-state index is 0.413. The van der Waals surface area contributed by atoms with Crippen LogP contribution in [0.25, 0.3) is 0 Å². The van der Waals surface area contributed by atoms with Gasteiger partial charge in [-0.15, -0.1) is 0 Å². The molecule has 2 aromatic heterocycles. The van der Waals surface area contributed by atoms with E-state index in [1.165, 1.54) is 18.6 Å². The fraction of sp³-hybridized carbons (Fsp3) is 0.100. The normalized spacial score (nSPS) is 12.4. The molecule has 0 aliphatic heterocycles. The third-order valence-electron chi connectivity index (χ3n) is 1.96. The van der Waals surface area contributed by atoms with Gasteiger partial charge in [-0.05, 0) is 6.07 Å². The van der Waals surface area contributed by atoms with Gasteiger partial charge in [-0.3, -0.25) is 15.0 Å². The zero-order chi connectivity index (χ0) is 10.7. The number of hydrogen-bond acceptors (Lipinski definition) is 4. The van der Waals surface area contributed by atoms with Crippen molar-refractivity contribution in [2.75, 3.05) is 0 Å². The third kappa shape index (κ3) is 2.11. The molecule has 1 unspecified atom stereocenters. The van der Waals surface area contributed by atoms with Gasteiger partial charge in [0.05, 0.1) is 16.9 Å². The van der Waals surface area contributed by atoms with Crippen LogP contribution in [0.2, 0.25) is 5.02 Å². The molecule has 4 nitrogen and oxygen atoms in total. The maximum absolute atomic E-state index is 9.96. The summed E-state index contributed by atoms with van der Waals surface area (Å²) >= 11 is 5.90. The molecule has 0 aliphatic rings. The van der Waals surface area contributed by atoms with Gasteiger partial charge in [0.15, 0.2) is 0 Å². The number of pyridine rings is 1. The van der Waals surface area contributed by atoms with Crippen molar-refractivity contribution in [3.63, 3.8) is 0 Å². The summed E-state index contributed by atoms with van der Waals surface area (Å²) in [5, 5.41) is 10.4. The molecule has 2 rings (SSSR count). The number of aromatic nitrogens is 3. The van der Waals surface area contributed by atoms with E-state index in [1.807, 2.05) is 0 Å². The lowest BCUT2D eigenvalue weighted by molar-refractivity contribution is 0.215. The van der Waals surface area contributed by atoms with Crippen LogP contribution in [-0.4, -0.2) is 20.1 Å². The number of hydrogen-bond donors (Lipinski definition) is 1. The van der Waals surface area contributed by atoms with Crippen LogP contribution in [0.15, 0.2) is 37.1 Å². The maximum Gasteiger partial charge on any atom is 0.124 e. The lowest BCUT2D eigenvalue weighted by Gasteiger charge is -2.10. The topological polar surface area (TPSA) is 58.9 Å². The quantitative estimate of drug-likeness (QED) is 0.837. The minimum atomic E-state index is -0.866. The smallest absolute Gasteiger partial charge is 0.124 e. The zero-order valence-corrected chi connectivity index (χ0v) is 8.46. The van der Waals surface area contributed by atoms with Gasteiger partial charge in [-0.25, -0.2) is 0 Å². The summed E-state index contributed by atoms with van der Waals surface area (Å²) in [5.41, 5.74) is 1.04. The Labute approximate surface area is 91.6 Å². The summed E-state index contributed by atoms with van der Waals surface area (Å²) < 4.78 is 0. The summed E-state index contributed by atoms with van der Waals surface area (Å²) in [6.45, 7) is 0. The number of rotatable bonds is 2. The van der Waals surface area contributed by atoms with Crippen LogP contribution < -0.4 is 0 Å². The molecule has 0 aromatic carbocycles. The first-order valence-electron chi connectivity index (χ1n) is 4.32. The fourth-order valence-electron chi connectivity index (χ4n) is 1.22. The highest BCUT2D eigenvalue weighted by Gasteiger charge is 2.14. The van der Waals surface area contributed by atoms with E-state index in [1.54, 1.807) is 18.5 Å². The van der Waals surface area contributed by atoms with Gasteiger partial charge in [-0.2, -0.15) is 0 Å². The number of aliphatic hydroxyl groups is 1. The van der Waals surface area contributed by atoms with Crippen LogP contribution in [0, 0.1) is 0 Å². The summed E-state index contributed by atoms with van der Waals surface area (Å²) in [6, 6.07) is 1.65. The summed E-state index contributed by atoms with van der Waals surface area (Å²) in [6.07, 6.45) is 6.76. The molecule has 0 bridgehead atoms. The van der Waals surface area contributed by atoms with Gasteiger partial charge in [0, 0.05) is 30.4 Å². The standard InChI is InChI=1S/C10H8ClN3O/c11-8-5-12-2-1-7(8)10(15)9-6-13-3-4-14-9/h1-6,10,15H. The Morgan fingerprint density at radius 2 is 1.93 bits per heavy atom. The lowest BCUT2D eigenvalue weighted by atomic mass is 10.1. The highest BCUT2D eigenvalue weighted by molar-refractivity contribution is 6.31. The van der Waals surface area contributed by atoms with Crippen LogP contribution in [0.1, 0.15) is 17.4 Å².